The fraction of sp³-hybridized carbons (Fsp3) is 0.545. The summed E-state index contributed by atoms with van der Waals surface area (Å²) >= 11 is 5.10. The van der Waals surface area contributed by atoms with E-state index >= 15 is 0 Å². The molecule has 0 radical (unpaired) electrons. The third-order valence-corrected chi connectivity index (χ3v) is 4.44. The van der Waals surface area contributed by atoms with Crippen molar-refractivity contribution in [1.82, 2.24) is 5.32 Å². The van der Waals surface area contributed by atoms with Gasteiger partial charge in [0.25, 0.3) is 0 Å². The van der Waals surface area contributed by atoms with Crippen molar-refractivity contribution in [1.29, 1.82) is 0 Å². The van der Waals surface area contributed by atoms with Gasteiger partial charge < -0.3 is 15.8 Å². The van der Waals surface area contributed by atoms with Crippen molar-refractivity contribution in [3.8, 4) is 0 Å². The summed E-state index contributed by atoms with van der Waals surface area (Å²) < 4.78 is 6.28. The Balaban J connectivity index is 1.73. The van der Waals surface area contributed by atoms with E-state index in [-0.39, 0.29) is 17.9 Å². The predicted molar refractivity (Wildman–Crippen MR) is 71.0 cm³/mol. The molecule has 0 aromatic carbocycles. The Morgan fingerprint density at radius 1 is 1.59 bits per heavy atom. The minimum Gasteiger partial charge on any atom is -0.379 e. The number of hydrogen-bond acceptors (Lipinski definition) is 4. The summed E-state index contributed by atoms with van der Waals surface area (Å²) in [6.45, 7) is 1.57. The van der Waals surface area contributed by atoms with Gasteiger partial charge in [-0.3, -0.25) is 4.79 Å². The van der Waals surface area contributed by atoms with Crippen LogP contribution in [0, 0.1) is 5.92 Å². The van der Waals surface area contributed by atoms with Gasteiger partial charge in [-0.05, 0) is 34.5 Å². The number of hydrogen-bond donors (Lipinski definition) is 2. The highest BCUT2D eigenvalue weighted by Crippen LogP contribution is 2.22. The van der Waals surface area contributed by atoms with Crippen LogP contribution in [0.2, 0.25) is 0 Å². The second-order valence-corrected chi connectivity index (χ2v) is 6.60. The second kappa shape index (κ2) is 5.95. The first-order valence-electron chi connectivity index (χ1n) is 5.52. The van der Waals surface area contributed by atoms with E-state index in [0.29, 0.717) is 19.8 Å². The van der Waals surface area contributed by atoms with Gasteiger partial charge in [0.1, 0.15) is 0 Å². The zero-order valence-corrected chi connectivity index (χ0v) is 11.7. The van der Waals surface area contributed by atoms with Crippen molar-refractivity contribution in [2.24, 2.45) is 11.7 Å². The molecule has 2 heterocycles. The first kappa shape index (κ1) is 13.0. The zero-order valence-electron chi connectivity index (χ0n) is 9.32. The number of amides is 1. The molecule has 2 unspecified atom stereocenters. The van der Waals surface area contributed by atoms with Gasteiger partial charge in [-0.25, -0.2) is 0 Å². The molecule has 2 rings (SSSR count). The van der Waals surface area contributed by atoms with Crippen molar-refractivity contribution in [2.75, 3.05) is 19.8 Å². The maximum Gasteiger partial charge on any atom is 0.227 e. The molecule has 1 aromatic heterocycles. The van der Waals surface area contributed by atoms with Crippen LogP contribution in [0.1, 0.15) is 4.88 Å². The molecule has 1 saturated heterocycles. The van der Waals surface area contributed by atoms with E-state index in [1.54, 1.807) is 11.3 Å². The van der Waals surface area contributed by atoms with E-state index in [2.05, 4.69) is 27.3 Å². The molecule has 0 saturated carbocycles. The number of nitrogens with two attached hydrogens (primary N) is 1. The molecule has 1 aromatic rings. The molecule has 17 heavy (non-hydrogen) atoms. The van der Waals surface area contributed by atoms with Crippen molar-refractivity contribution in [2.45, 2.75) is 12.5 Å². The van der Waals surface area contributed by atoms with Gasteiger partial charge in [-0.15, -0.1) is 11.3 Å². The Morgan fingerprint density at radius 2 is 2.41 bits per heavy atom. The second-order valence-electron chi connectivity index (χ2n) is 4.05. The van der Waals surface area contributed by atoms with E-state index in [1.165, 1.54) is 4.88 Å². The number of nitrogens with one attached hydrogen (secondary N) is 1. The molecule has 94 valence electrons. The molecule has 2 atom stereocenters. The van der Waals surface area contributed by atoms with Crippen molar-refractivity contribution >= 4 is 33.2 Å². The van der Waals surface area contributed by atoms with Crippen molar-refractivity contribution < 1.29 is 9.53 Å². The molecule has 0 bridgehead atoms. The summed E-state index contributed by atoms with van der Waals surface area (Å²) in [6, 6.07) is 3.92. The lowest BCUT2D eigenvalue weighted by atomic mass is 10.0. The molecule has 0 spiro atoms. The van der Waals surface area contributed by atoms with Crippen LogP contribution in [0.5, 0.6) is 0 Å². The summed E-state index contributed by atoms with van der Waals surface area (Å²) in [7, 11) is 0. The number of halogens is 1. The maximum atomic E-state index is 11.8. The van der Waals surface area contributed by atoms with E-state index in [1.807, 2.05) is 6.07 Å². The van der Waals surface area contributed by atoms with Crippen LogP contribution in [-0.4, -0.2) is 31.7 Å². The summed E-state index contributed by atoms with van der Waals surface area (Å²) in [4.78, 5) is 13.0. The zero-order chi connectivity index (χ0) is 12.3. The third kappa shape index (κ3) is 3.51. The lowest BCUT2D eigenvalue weighted by molar-refractivity contribution is -0.125. The largest absolute Gasteiger partial charge is 0.379 e. The molecule has 6 heteroatoms. The Morgan fingerprint density at radius 3 is 3.00 bits per heavy atom. The molecule has 1 aliphatic rings. The Hall–Kier alpha value is -0.430. The average Bonchev–Trinajstić information content (AvgIpc) is 2.87. The van der Waals surface area contributed by atoms with Crippen LogP contribution in [0.4, 0.5) is 0 Å². The van der Waals surface area contributed by atoms with E-state index < -0.39 is 0 Å². The first-order valence-corrected chi connectivity index (χ1v) is 7.13. The molecule has 4 nitrogen and oxygen atoms in total. The summed E-state index contributed by atoms with van der Waals surface area (Å²) in [6.07, 6.45) is 0.852. The third-order valence-electron chi connectivity index (χ3n) is 2.76. The van der Waals surface area contributed by atoms with E-state index in [4.69, 9.17) is 10.5 Å². The molecule has 1 aliphatic heterocycles. The predicted octanol–water partition coefficient (Wildman–Crippen LogP) is 1.14. The van der Waals surface area contributed by atoms with Crippen LogP contribution < -0.4 is 11.1 Å². The highest BCUT2D eigenvalue weighted by atomic mass is 79.9. The van der Waals surface area contributed by atoms with Crippen LogP contribution in [0.3, 0.4) is 0 Å². The number of ether oxygens (including phenoxy) is 1. The summed E-state index contributed by atoms with van der Waals surface area (Å²) in [5.74, 6) is -0.185. The lowest BCUT2D eigenvalue weighted by Crippen LogP contribution is -2.41. The number of thiophene rings is 1. The molecule has 1 fully saturated rings. The number of carbonyl (C=O) groups is 1. The first-order chi connectivity index (χ1) is 8.16. The van der Waals surface area contributed by atoms with Gasteiger partial charge >= 0.3 is 0 Å². The van der Waals surface area contributed by atoms with Crippen LogP contribution >= 0.6 is 27.3 Å². The Bertz CT molecular complexity index is 397. The smallest absolute Gasteiger partial charge is 0.227 e. The SMILES string of the molecule is NC1COCC1C(=O)NCCc1ccc(Br)s1. The van der Waals surface area contributed by atoms with E-state index in [9.17, 15) is 4.79 Å². The fourth-order valence-electron chi connectivity index (χ4n) is 1.77. The molecule has 3 N–H and O–H groups in total. The quantitative estimate of drug-likeness (QED) is 0.875. The van der Waals surface area contributed by atoms with Crippen LogP contribution in [0.25, 0.3) is 0 Å². The van der Waals surface area contributed by atoms with Gasteiger partial charge in [0.15, 0.2) is 0 Å². The highest BCUT2D eigenvalue weighted by Gasteiger charge is 2.30. The van der Waals surface area contributed by atoms with Gasteiger partial charge in [0, 0.05) is 17.5 Å². The monoisotopic (exact) mass is 318 g/mol. The topological polar surface area (TPSA) is 64.3 Å². The van der Waals surface area contributed by atoms with Gasteiger partial charge in [0.2, 0.25) is 5.91 Å². The Kier molecular flexibility index (Phi) is 4.55. The molecular formula is C11H15BrN2O2S. The number of rotatable bonds is 4. The summed E-state index contributed by atoms with van der Waals surface area (Å²) in [5, 5.41) is 2.91. The average molecular weight is 319 g/mol. The molecule has 0 aliphatic carbocycles. The molecule has 1 amide bonds. The minimum atomic E-state index is -0.190. The molecular weight excluding hydrogens is 304 g/mol. The van der Waals surface area contributed by atoms with Crippen molar-refractivity contribution in [3.63, 3.8) is 0 Å². The van der Waals surface area contributed by atoms with Crippen LogP contribution in [0.15, 0.2) is 15.9 Å². The van der Waals surface area contributed by atoms with Gasteiger partial charge in [-0.2, -0.15) is 0 Å². The maximum absolute atomic E-state index is 11.8. The standard InChI is InChI=1S/C11H15BrN2O2S/c12-10-2-1-7(17-10)3-4-14-11(15)8-5-16-6-9(8)13/h1-2,8-9H,3-6,13H2,(H,14,15). The normalized spacial score (nSPS) is 23.9. The number of carbonyl (C=O) groups excluding carboxylic acids is 1. The lowest BCUT2D eigenvalue weighted by Gasteiger charge is -2.12. The fourth-order valence-corrected chi connectivity index (χ4v) is 3.25. The van der Waals surface area contributed by atoms with Gasteiger partial charge in [-0.1, -0.05) is 0 Å². The van der Waals surface area contributed by atoms with Crippen LogP contribution in [-0.2, 0) is 16.0 Å². The van der Waals surface area contributed by atoms with Crippen molar-refractivity contribution in [3.05, 3.63) is 20.8 Å². The Labute approximate surface area is 113 Å². The minimum absolute atomic E-state index is 0.00521. The summed E-state index contributed by atoms with van der Waals surface area (Å²) in [5.41, 5.74) is 5.78. The van der Waals surface area contributed by atoms with E-state index in [0.717, 1.165) is 10.2 Å². The van der Waals surface area contributed by atoms with Gasteiger partial charge in [0.05, 0.1) is 22.9 Å². The highest BCUT2D eigenvalue weighted by molar-refractivity contribution is 9.11.